The highest BCUT2D eigenvalue weighted by atomic mass is 16.6. The average molecular weight is 213 g/mol. The van der Waals surface area contributed by atoms with E-state index in [-0.39, 0.29) is 18.9 Å². The number of carbonyl (C=O) groups is 2. The summed E-state index contributed by atoms with van der Waals surface area (Å²) in [7, 11) is 0. The van der Waals surface area contributed by atoms with Crippen molar-refractivity contribution < 1.29 is 19.4 Å². The van der Waals surface area contributed by atoms with Gasteiger partial charge in [0.05, 0.1) is 18.6 Å². The number of aliphatic carboxylic acids is 1. The summed E-state index contributed by atoms with van der Waals surface area (Å²) in [4.78, 5) is 21.6. The maximum absolute atomic E-state index is 11.1. The van der Waals surface area contributed by atoms with Gasteiger partial charge in [-0.2, -0.15) is 0 Å². The van der Waals surface area contributed by atoms with Gasteiger partial charge in [-0.05, 0) is 13.8 Å². The molecule has 0 heterocycles. The van der Waals surface area contributed by atoms with Crippen molar-refractivity contribution in [1.29, 1.82) is 0 Å². The largest absolute Gasteiger partial charge is 0.481 e. The predicted molar refractivity (Wildman–Crippen MR) is 54.2 cm³/mol. The molecule has 0 aliphatic rings. The number of carbonyl (C=O) groups excluding carboxylic acids is 1. The van der Waals surface area contributed by atoms with Crippen LogP contribution in [0.25, 0.3) is 0 Å². The maximum atomic E-state index is 11.1. The number of ether oxygens (including phenoxy) is 1. The van der Waals surface area contributed by atoms with Crippen LogP contribution in [0.15, 0.2) is 0 Å². The first-order valence-electron chi connectivity index (χ1n) is 4.58. The summed E-state index contributed by atoms with van der Waals surface area (Å²) in [6.07, 6.45) is 4.11. The molecule has 0 aromatic heterocycles. The lowest BCUT2D eigenvalue weighted by Crippen LogP contribution is -2.37. The fourth-order valence-electron chi connectivity index (χ4n) is 0.942. The Bertz CT molecular complexity index is 267. The van der Waals surface area contributed by atoms with Gasteiger partial charge in [0, 0.05) is 6.42 Å². The van der Waals surface area contributed by atoms with Crippen LogP contribution in [-0.4, -0.2) is 29.3 Å². The van der Waals surface area contributed by atoms with Crippen LogP contribution >= 0.6 is 0 Å². The third-order valence-electron chi connectivity index (χ3n) is 1.45. The number of alkyl carbamates (subject to hydrolysis) is 1. The highest BCUT2D eigenvalue weighted by Gasteiger charge is 2.16. The second-order valence-corrected chi connectivity index (χ2v) is 3.30. The number of rotatable bonds is 5. The summed E-state index contributed by atoms with van der Waals surface area (Å²) in [6.45, 7) is 3.40. The van der Waals surface area contributed by atoms with Crippen molar-refractivity contribution >= 4 is 12.1 Å². The molecule has 0 rings (SSSR count). The Morgan fingerprint density at radius 2 is 2.13 bits per heavy atom. The number of carboxylic acid groups (broad SMARTS) is 1. The molecule has 2 N–H and O–H groups in total. The van der Waals surface area contributed by atoms with Crippen LogP contribution in [0.1, 0.15) is 26.7 Å². The fraction of sp³-hybridized carbons (Fsp3) is 0.600. The topological polar surface area (TPSA) is 75.6 Å². The molecule has 0 aliphatic carbocycles. The van der Waals surface area contributed by atoms with Gasteiger partial charge in [-0.25, -0.2) is 4.79 Å². The number of hydrogen-bond donors (Lipinski definition) is 2. The van der Waals surface area contributed by atoms with Crippen LogP contribution in [0.3, 0.4) is 0 Å². The lowest BCUT2D eigenvalue weighted by molar-refractivity contribution is -0.137. The first-order valence-corrected chi connectivity index (χ1v) is 4.58. The van der Waals surface area contributed by atoms with Gasteiger partial charge in [-0.1, -0.05) is 0 Å². The lowest BCUT2D eigenvalue weighted by atomic mass is 10.1. The van der Waals surface area contributed by atoms with E-state index in [1.54, 1.807) is 13.8 Å². The van der Waals surface area contributed by atoms with E-state index in [2.05, 4.69) is 11.2 Å². The van der Waals surface area contributed by atoms with Gasteiger partial charge in [0.1, 0.15) is 0 Å². The quantitative estimate of drug-likeness (QED) is 0.668. The van der Waals surface area contributed by atoms with Gasteiger partial charge >= 0.3 is 12.1 Å². The van der Waals surface area contributed by atoms with E-state index >= 15 is 0 Å². The van der Waals surface area contributed by atoms with Gasteiger partial charge in [0.25, 0.3) is 0 Å². The van der Waals surface area contributed by atoms with Crippen LogP contribution in [0, 0.1) is 12.3 Å². The molecule has 0 saturated heterocycles. The smallest absolute Gasteiger partial charge is 0.407 e. The predicted octanol–water partition coefficient (Wildman–Crippen LogP) is 0.988. The second-order valence-electron chi connectivity index (χ2n) is 3.30. The number of terminal acetylenes is 1. The van der Waals surface area contributed by atoms with E-state index < -0.39 is 18.1 Å². The monoisotopic (exact) mass is 213 g/mol. The van der Waals surface area contributed by atoms with E-state index in [1.165, 1.54) is 0 Å². The van der Waals surface area contributed by atoms with Crippen LogP contribution in [0.2, 0.25) is 0 Å². The minimum absolute atomic E-state index is 0.166. The second kappa shape index (κ2) is 6.71. The molecule has 5 heteroatoms. The SMILES string of the molecule is C#CC[C@@H](CC(=O)O)NC(=O)OC(C)C. The third-order valence-corrected chi connectivity index (χ3v) is 1.45. The van der Waals surface area contributed by atoms with Crippen molar-refractivity contribution in [1.82, 2.24) is 5.32 Å². The zero-order valence-corrected chi connectivity index (χ0v) is 8.82. The Kier molecular flexibility index (Phi) is 5.95. The van der Waals surface area contributed by atoms with E-state index in [4.69, 9.17) is 16.3 Å². The van der Waals surface area contributed by atoms with Gasteiger partial charge in [0.15, 0.2) is 0 Å². The maximum Gasteiger partial charge on any atom is 0.407 e. The first-order chi connectivity index (χ1) is 6.95. The Labute approximate surface area is 88.8 Å². The Balaban J connectivity index is 4.10. The van der Waals surface area contributed by atoms with Gasteiger partial charge in [-0.15, -0.1) is 12.3 Å². The van der Waals surface area contributed by atoms with Gasteiger partial charge in [-0.3, -0.25) is 4.79 Å². The molecule has 0 aromatic rings. The Morgan fingerprint density at radius 3 is 2.53 bits per heavy atom. The van der Waals surface area contributed by atoms with Crippen LogP contribution < -0.4 is 5.32 Å². The molecule has 0 spiro atoms. The molecule has 0 radical (unpaired) electrons. The number of hydrogen-bond acceptors (Lipinski definition) is 3. The van der Waals surface area contributed by atoms with Crippen LogP contribution in [0.5, 0.6) is 0 Å². The van der Waals surface area contributed by atoms with Crippen LogP contribution in [0.4, 0.5) is 4.79 Å². The molecule has 0 unspecified atom stereocenters. The van der Waals surface area contributed by atoms with Gasteiger partial charge in [0.2, 0.25) is 0 Å². The molecular weight excluding hydrogens is 198 g/mol. The normalized spacial score (nSPS) is 11.6. The minimum Gasteiger partial charge on any atom is -0.481 e. The molecular formula is C10H15NO4. The molecule has 0 bridgehead atoms. The summed E-state index contributed by atoms with van der Waals surface area (Å²) in [6, 6.07) is -0.584. The average Bonchev–Trinajstić information content (AvgIpc) is 2.00. The molecule has 0 aliphatic heterocycles. The van der Waals surface area contributed by atoms with Gasteiger partial charge < -0.3 is 15.2 Å². The van der Waals surface area contributed by atoms with Crippen molar-refractivity contribution in [2.45, 2.75) is 38.8 Å². The van der Waals surface area contributed by atoms with Crippen molar-refractivity contribution in [3.05, 3.63) is 0 Å². The van der Waals surface area contributed by atoms with Crippen molar-refractivity contribution in [2.75, 3.05) is 0 Å². The van der Waals surface area contributed by atoms with E-state index in [1.807, 2.05) is 0 Å². The van der Waals surface area contributed by atoms with Crippen LogP contribution in [-0.2, 0) is 9.53 Å². The molecule has 15 heavy (non-hydrogen) atoms. The highest BCUT2D eigenvalue weighted by molar-refractivity contribution is 5.71. The molecule has 5 nitrogen and oxygen atoms in total. The van der Waals surface area contributed by atoms with Crippen molar-refractivity contribution in [3.63, 3.8) is 0 Å². The van der Waals surface area contributed by atoms with E-state index in [0.717, 1.165) is 0 Å². The summed E-state index contributed by atoms with van der Waals surface area (Å²) in [5, 5.41) is 10.9. The standard InChI is InChI=1S/C10H15NO4/c1-4-5-8(6-9(12)13)11-10(14)15-7(2)3/h1,7-8H,5-6H2,2-3H3,(H,11,14)(H,12,13)/t8-/m0/s1. The van der Waals surface area contributed by atoms with Crippen molar-refractivity contribution in [3.8, 4) is 12.3 Å². The summed E-state index contributed by atoms with van der Waals surface area (Å²) in [5.74, 6) is 1.28. The fourth-order valence-corrected chi connectivity index (χ4v) is 0.942. The molecule has 0 aromatic carbocycles. The Morgan fingerprint density at radius 1 is 1.53 bits per heavy atom. The minimum atomic E-state index is -1.01. The highest BCUT2D eigenvalue weighted by Crippen LogP contribution is 1.99. The van der Waals surface area contributed by atoms with E-state index in [0.29, 0.717) is 0 Å². The molecule has 0 saturated carbocycles. The number of carboxylic acids is 1. The van der Waals surface area contributed by atoms with Crippen molar-refractivity contribution in [2.24, 2.45) is 0 Å². The number of amides is 1. The molecule has 84 valence electrons. The molecule has 0 fully saturated rings. The zero-order valence-electron chi connectivity index (χ0n) is 8.82. The first kappa shape index (κ1) is 13.3. The zero-order chi connectivity index (χ0) is 11.8. The number of nitrogens with one attached hydrogen (secondary N) is 1. The summed E-state index contributed by atoms with van der Waals surface area (Å²) < 4.78 is 4.80. The summed E-state index contributed by atoms with van der Waals surface area (Å²) >= 11 is 0. The molecule has 1 amide bonds. The lowest BCUT2D eigenvalue weighted by Gasteiger charge is -2.15. The summed E-state index contributed by atoms with van der Waals surface area (Å²) in [5.41, 5.74) is 0. The third kappa shape index (κ3) is 7.38. The Hall–Kier alpha value is -1.70. The van der Waals surface area contributed by atoms with E-state index in [9.17, 15) is 9.59 Å². The molecule has 1 atom stereocenters.